The molecule has 0 unspecified atom stereocenters. The van der Waals surface area contributed by atoms with Crippen molar-refractivity contribution in [2.75, 3.05) is 5.75 Å². The van der Waals surface area contributed by atoms with E-state index in [2.05, 4.69) is 31.2 Å². The summed E-state index contributed by atoms with van der Waals surface area (Å²) in [6.07, 6.45) is 0.635. The zero-order chi connectivity index (χ0) is 12.8. The Morgan fingerprint density at radius 3 is 2.28 bits per heavy atom. The Morgan fingerprint density at radius 2 is 1.67 bits per heavy atom. The van der Waals surface area contributed by atoms with Gasteiger partial charge in [0.2, 0.25) is 0 Å². The van der Waals surface area contributed by atoms with Gasteiger partial charge in [0.25, 0.3) is 0 Å². The summed E-state index contributed by atoms with van der Waals surface area (Å²) in [6, 6.07) is 18.4. The summed E-state index contributed by atoms with van der Waals surface area (Å²) < 4.78 is 0. The topological polar surface area (TPSA) is 20.2 Å². The average molecular weight is 258 g/mol. The van der Waals surface area contributed by atoms with Gasteiger partial charge in [-0.2, -0.15) is 0 Å². The summed E-state index contributed by atoms with van der Waals surface area (Å²) in [5, 5.41) is 10.1. The molecule has 1 nitrogen and oxygen atoms in total. The number of aliphatic hydroxyl groups is 1. The standard InChI is InChI=1S/C16H18OS/c1-2-13-8-10-14(11-9-13)16(17)12-18-15-6-4-3-5-7-15/h3-11,16-17H,2,12H2,1H3/t16-/m1/s1. The maximum absolute atomic E-state index is 10.1. The fourth-order valence-corrected chi connectivity index (χ4v) is 2.66. The van der Waals surface area contributed by atoms with Crippen molar-refractivity contribution >= 4 is 11.8 Å². The Hall–Kier alpha value is -1.25. The first-order valence-electron chi connectivity index (χ1n) is 6.24. The van der Waals surface area contributed by atoms with Gasteiger partial charge in [-0.15, -0.1) is 11.8 Å². The van der Waals surface area contributed by atoms with Gasteiger partial charge in [0.15, 0.2) is 0 Å². The van der Waals surface area contributed by atoms with Crippen molar-refractivity contribution < 1.29 is 5.11 Å². The summed E-state index contributed by atoms with van der Waals surface area (Å²) >= 11 is 1.68. The Bertz CT molecular complexity index is 464. The van der Waals surface area contributed by atoms with Gasteiger partial charge in [0.1, 0.15) is 0 Å². The summed E-state index contributed by atoms with van der Waals surface area (Å²) in [6.45, 7) is 2.14. The molecule has 0 saturated heterocycles. The van der Waals surface area contributed by atoms with Gasteiger partial charge in [-0.05, 0) is 29.7 Å². The van der Waals surface area contributed by atoms with Gasteiger partial charge in [0.05, 0.1) is 6.10 Å². The molecule has 0 amide bonds. The molecule has 0 aromatic heterocycles. The first-order chi connectivity index (χ1) is 8.79. The van der Waals surface area contributed by atoms with Crippen molar-refractivity contribution in [2.45, 2.75) is 24.3 Å². The van der Waals surface area contributed by atoms with Crippen molar-refractivity contribution in [2.24, 2.45) is 0 Å². The van der Waals surface area contributed by atoms with Crippen LogP contribution in [0.1, 0.15) is 24.2 Å². The van der Waals surface area contributed by atoms with Crippen LogP contribution in [0.4, 0.5) is 0 Å². The second kappa shape index (κ2) is 6.62. The van der Waals surface area contributed by atoms with E-state index < -0.39 is 6.10 Å². The summed E-state index contributed by atoms with van der Waals surface area (Å²) in [5.74, 6) is 0.690. The largest absolute Gasteiger partial charge is 0.388 e. The van der Waals surface area contributed by atoms with Gasteiger partial charge >= 0.3 is 0 Å². The quantitative estimate of drug-likeness (QED) is 0.816. The normalized spacial score (nSPS) is 12.3. The number of aliphatic hydroxyl groups excluding tert-OH is 1. The van der Waals surface area contributed by atoms with Crippen molar-refractivity contribution in [3.8, 4) is 0 Å². The molecule has 0 spiro atoms. The van der Waals surface area contributed by atoms with Crippen LogP contribution in [-0.2, 0) is 6.42 Å². The third kappa shape index (κ3) is 3.62. The molecule has 0 bridgehead atoms. The lowest BCUT2D eigenvalue weighted by atomic mass is 10.1. The van der Waals surface area contributed by atoms with E-state index in [9.17, 15) is 5.11 Å². The SMILES string of the molecule is CCc1ccc([C@H](O)CSc2ccccc2)cc1. The van der Waals surface area contributed by atoms with Gasteiger partial charge in [-0.3, -0.25) is 0 Å². The second-order valence-corrected chi connectivity index (χ2v) is 5.33. The van der Waals surface area contributed by atoms with E-state index in [4.69, 9.17) is 0 Å². The summed E-state index contributed by atoms with van der Waals surface area (Å²) in [7, 11) is 0. The zero-order valence-electron chi connectivity index (χ0n) is 10.5. The van der Waals surface area contributed by atoms with Crippen LogP contribution in [0, 0.1) is 0 Å². The van der Waals surface area contributed by atoms with Crippen LogP contribution in [0.3, 0.4) is 0 Å². The molecular weight excluding hydrogens is 240 g/mol. The van der Waals surface area contributed by atoms with Crippen molar-refractivity contribution in [3.63, 3.8) is 0 Å². The Labute approximate surface area is 113 Å². The highest BCUT2D eigenvalue weighted by molar-refractivity contribution is 7.99. The predicted molar refractivity (Wildman–Crippen MR) is 77.9 cm³/mol. The van der Waals surface area contributed by atoms with E-state index in [0.717, 1.165) is 12.0 Å². The minimum absolute atomic E-state index is 0.402. The lowest BCUT2D eigenvalue weighted by Crippen LogP contribution is -2.00. The minimum Gasteiger partial charge on any atom is -0.388 e. The smallest absolute Gasteiger partial charge is 0.0883 e. The summed E-state index contributed by atoms with van der Waals surface area (Å²) in [5.41, 5.74) is 2.30. The molecule has 2 heteroatoms. The van der Waals surface area contributed by atoms with Crippen molar-refractivity contribution in [1.82, 2.24) is 0 Å². The highest BCUT2D eigenvalue weighted by atomic mass is 32.2. The van der Waals surface area contributed by atoms with E-state index >= 15 is 0 Å². The fourth-order valence-electron chi connectivity index (χ4n) is 1.76. The van der Waals surface area contributed by atoms with E-state index in [1.807, 2.05) is 30.3 Å². The highest BCUT2D eigenvalue weighted by Crippen LogP contribution is 2.24. The molecule has 0 radical (unpaired) electrons. The molecule has 94 valence electrons. The number of thioether (sulfide) groups is 1. The summed E-state index contributed by atoms with van der Waals surface area (Å²) in [4.78, 5) is 1.20. The van der Waals surface area contributed by atoms with E-state index in [1.54, 1.807) is 11.8 Å². The van der Waals surface area contributed by atoms with E-state index in [1.165, 1.54) is 10.5 Å². The van der Waals surface area contributed by atoms with Gasteiger partial charge in [0, 0.05) is 10.6 Å². The maximum Gasteiger partial charge on any atom is 0.0883 e. The van der Waals surface area contributed by atoms with Crippen LogP contribution in [-0.4, -0.2) is 10.9 Å². The molecule has 0 aliphatic carbocycles. The zero-order valence-corrected chi connectivity index (χ0v) is 11.4. The van der Waals surface area contributed by atoms with Crippen LogP contribution in [0.5, 0.6) is 0 Å². The molecule has 0 aliphatic heterocycles. The predicted octanol–water partition coefficient (Wildman–Crippen LogP) is 4.07. The molecule has 2 aromatic carbocycles. The third-order valence-electron chi connectivity index (χ3n) is 2.92. The molecule has 2 rings (SSSR count). The van der Waals surface area contributed by atoms with Crippen LogP contribution < -0.4 is 0 Å². The Morgan fingerprint density at radius 1 is 1.00 bits per heavy atom. The maximum atomic E-state index is 10.1. The monoisotopic (exact) mass is 258 g/mol. The molecule has 0 saturated carbocycles. The number of hydrogen-bond acceptors (Lipinski definition) is 2. The molecule has 2 aromatic rings. The molecule has 0 fully saturated rings. The number of aryl methyl sites for hydroxylation is 1. The molecule has 0 heterocycles. The Balaban J connectivity index is 1.93. The number of hydrogen-bond donors (Lipinski definition) is 1. The van der Waals surface area contributed by atoms with Crippen LogP contribution >= 0.6 is 11.8 Å². The molecule has 18 heavy (non-hydrogen) atoms. The molecular formula is C16H18OS. The fraction of sp³-hybridized carbons (Fsp3) is 0.250. The number of rotatable bonds is 5. The lowest BCUT2D eigenvalue weighted by Gasteiger charge is -2.11. The van der Waals surface area contributed by atoms with Crippen LogP contribution in [0.15, 0.2) is 59.5 Å². The van der Waals surface area contributed by atoms with Gasteiger partial charge < -0.3 is 5.11 Å². The second-order valence-electron chi connectivity index (χ2n) is 4.23. The average Bonchev–Trinajstić information content (AvgIpc) is 2.46. The van der Waals surface area contributed by atoms with Crippen molar-refractivity contribution in [3.05, 3.63) is 65.7 Å². The first kappa shape index (κ1) is 13.2. The van der Waals surface area contributed by atoms with Crippen LogP contribution in [0.25, 0.3) is 0 Å². The highest BCUT2D eigenvalue weighted by Gasteiger charge is 2.07. The van der Waals surface area contributed by atoms with Gasteiger partial charge in [-0.1, -0.05) is 49.4 Å². The first-order valence-corrected chi connectivity index (χ1v) is 7.23. The molecule has 1 atom stereocenters. The molecule has 0 aliphatic rings. The minimum atomic E-state index is -0.402. The van der Waals surface area contributed by atoms with Gasteiger partial charge in [-0.25, -0.2) is 0 Å². The van der Waals surface area contributed by atoms with Crippen molar-refractivity contribution in [1.29, 1.82) is 0 Å². The third-order valence-corrected chi connectivity index (χ3v) is 4.01. The Kier molecular flexibility index (Phi) is 4.85. The van der Waals surface area contributed by atoms with E-state index in [0.29, 0.717) is 5.75 Å². The lowest BCUT2D eigenvalue weighted by molar-refractivity contribution is 0.204. The van der Waals surface area contributed by atoms with E-state index in [-0.39, 0.29) is 0 Å². The number of benzene rings is 2. The van der Waals surface area contributed by atoms with Crippen LogP contribution in [0.2, 0.25) is 0 Å². The molecule has 1 N–H and O–H groups in total.